The molecule has 0 amide bonds. The van der Waals surface area contributed by atoms with Crippen molar-refractivity contribution in [1.29, 1.82) is 0 Å². The Morgan fingerprint density at radius 2 is 1.93 bits per heavy atom. The Morgan fingerprint density at radius 1 is 1.21 bits per heavy atom. The summed E-state index contributed by atoms with van der Waals surface area (Å²) in [5.41, 5.74) is 2.39. The number of benzene rings is 1. The first-order chi connectivity index (χ1) is 6.48. The van der Waals surface area contributed by atoms with Crippen LogP contribution >= 0.6 is 11.6 Å². The molecule has 0 aliphatic carbocycles. The zero-order valence-electron chi connectivity index (χ0n) is 8.63. The van der Waals surface area contributed by atoms with Gasteiger partial charge in [0.15, 0.2) is 5.69 Å². The molecular weight excluding hydrogens is 196 g/mol. The molecule has 0 aliphatic rings. The van der Waals surface area contributed by atoms with Crippen LogP contribution in [0.2, 0.25) is 5.02 Å². The van der Waals surface area contributed by atoms with Crippen LogP contribution in [-0.2, 0) is 0 Å². The van der Waals surface area contributed by atoms with Gasteiger partial charge in [0, 0.05) is 5.02 Å². The topological polar surface area (TPSA) is 15.8 Å². The molecule has 1 N–H and O–H groups in total. The summed E-state index contributed by atoms with van der Waals surface area (Å²) in [5.74, 6) is 0. The Hall–Kier alpha value is -0.990. The van der Waals surface area contributed by atoms with Crippen LogP contribution in [-0.4, -0.2) is 26.1 Å². The zero-order chi connectivity index (χ0) is 10.3. The normalized spacial score (nSPS) is 12.3. The van der Waals surface area contributed by atoms with Crippen molar-refractivity contribution in [3.05, 3.63) is 29.4 Å². The number of aromatic nitrogens is 1. The number of quaternary nitrogens is 1. The fraction of sp³-hybridized carbons (Fsp3) is 0.273. The molecule has 0 radical (unpaired) electrons. The number of hydrogen-bond donors (Lipinski definition) is 1. The van der Waals surface area contributed by atoms with E-state index < -0.39 is 0 Å². The molecule has 1 heterocycles. The lowest BCUT2D eigenvalue weighted by Gasteiger charge is -2.22. The van der Waals surface area contributed by atoms with Gasteiger partial charge in [0.25, 0.3) is 0 Å². The second-order valence-corrected chi connectivity index (χ2v) is 4.81. The summed E-state index contributed by atoms with van der Waals surface area (Å²) >= 11 is 5.98. The summed E-state index contributed by atoms with van der Waals surface area (Å²) in [7, 11) is 6.43. The summed E-state index contributed by atoms with van der Waals surface area (Å²) in [6.45, 7) is 0. The van der Waals surface area contributed by atoms with Gasteiger partial charge < -0.3 is 4.98 Å². The highest BCUT2D eigenvalue weighted by molar-refractivity contribution is 6.31. The van der Waals surface area contributed by atoms with Gasteiger partial charge in [-0.2, -0.15) is 0 Å². The second-order valence-electron chi connectivity index (χ2n) is 4.38. The monoisotopic (exact) mass is 209 g/mol. The summed E-state index contributed by atoms with van der Waals surface area (Å²) in [5, 5.41) is 1.98. The third kappa shape index (κ3) is 1.51. The Kier molecular flexibility index (Phi) is 2.05. The summed E-state index contributed by atoms with van der Waals surface area (Å²) in [6.07, 6.45) is 2.04. The molecular formula is C11H14ClN2+. The third-order valence-electron chi connectivity index (χ3n) is 2.34. The number of fused-ring (bicyclic) bond motifs is 1. The highest BCUT2D eigenvalue weighted by Crippen LogP contribution is 2.30. The van der Waals surface area contributed by atoms with E-state index in [2.05, 4.69) is 26.1 Å². The van der Waals surface area contributed by atoms with Crippen molar-refractivity contribution in [3.63, 3.8) is 0 Å². The number of nitrogens with zero attached hydrogens (tertiary/aromatic N) is 1. The van der Waals surface area contributed by atoms with Crippen LogP contribution in [0, 0.1) is 0 Å². The molecule has 1 aromatic carbocycles. The van der Waals surface area contributed by atoms with Crippen molar-refractivity contribution in [2.75, 3.05) is 21.1 Å². The smallest absolute Gasteiger partial charge is 0.157 e. The predicted octanol–water partition coefficient (Wildman–Crippen LogP) is 3.02. The molecule has 0 fully saturated rings. The van der Waals surface area contributed by atoms with Crippen LogP contribution in [0.3, 0.4) is 0 Å². The van der Waals surface area contributed by atoms with Gasteiger partial charge in [-0.3, -0.25) is 4.48 Å². The van der Waals surface area contributed by atoms with Crippen LogP contribution in [0.5, 0.6) is 0 Å². The van der Waals surface area contributed by atoms with Gasteiger partial charge >= 0.3 is 0 Å². The number of hydrogen-bond acceptors (Lipinski definition) is 0. The van der Waals surface area contributed by atoms with E-state index in [4.69, 9.17) is 11.6 Å². The van der Waals surface area contributed by atoms with E-state index in [1.54, 1.807) is 0 Å². The van der Waals surface area contributed by atoms with Gasteiger partial charge in [0.1, 0.15) is 0 Å². The standard InChI is InChI=1S/C11H14ClN2/c1-14(2,3)11-7-13-10-5-4-8(12)6-9(10)11/h4-7,13H,1-3H3/q+1. The third-order valence-corrected chi connectivity index (χ3v) is 2.58. The average Bonchev–Trinajstić information content (AvgIpc) is 2.45. The molecule has 2 aromatic rings. The fourth-order valence-corrected chi connectivity index (χ4v) is 1.81. The van der Waals surface area contributed by atoms with E-state index >= 15 is 0 Å². The predicted molar refractivity (Wildman–Crippen MR) is 62.9 cm³/mol. The van der Waals surface area contributed by atoms with Crippen LogP contribution in [0.15, 0.2) is 24.4 Å². The minimum Gasteiger partial charge on any atom is -0.356 e. The van der Waals surface area contributed by atoms with E-state index in [1.165, 1.54) is 11.1 Å². The number of rotatable bonds is 1. The number of aromatic amines is 1. The largest absolute Gasteiger partial charge is 0.356 e. The molecule has 74 valence electrons. The first-order valence-corrected chi connectivity index (χ1v) is 4.95. The number of H-pyrrole nitrogens is 1. The van der Waals surface area contributed by atoms with E-state index in [0.717, 1.165) is 15.0 Å². The van der Waals surface area contributed by atoms with Crippen molar-refractivity contribution in [2.24, 2.45) is 0 Å². The summed E-state index contributed by atoms with van der Waals surface area (Å²) < 4.78 is 0.792. The first-order valence-electron chi connectivity index (χ1n) is 4.57. The molecule has 2 rings (SSSR count). The maximum absolute atomic E-state index is 5.98. The Morgan fingerprint density at radius 3 is 2.57 bits per heavy atom. The zero-order valence-corrected chi connectivity index (χ0v) is 9.39. The fourth-order valence-electron chi connectivity index (χ4n) is 1.63. The summed E-state index contributed by atoms with van der Waals surface area (Å²) in [6, 6.07) is 5.92. The second kappa shape index (κ2) is 3.01. The molecule has 0 saturated heterocycles. The first kappa shape index (κ1) is 9.56. The maximum atomic E-state index is 5.98. The van der Waals surface area contributed by atoms with Crippen LogP contribution in [0.4, 0.5) is 5.69 Å². The molecule has 0 saturated carbocycles. The average molecular weight is 210 g/mol. The lowest BCUT2D eigenvalue weighted by atomic mass is 10.2. The molecule has 0 spiro atoms. The van der Waals surface area contributed by atoms with Crippen molar-refractivity contribution < 1.29 is 0 Å². The van der Waals surface area contributed by atoms with Crippen molar-refractivity contribution >= 4 is 28.2 Å². The molecule has 2 nitrogen and oxygen atoms in total. The molecule has 0 bridgehead atoms. The lowest BCUT2D eigenvalue weighted by molar-refractivity contribution is 0.490. The molecule has 14 heavy (non-hydrogen) atoms. The Bertz CT molecular complexity index is 466. The SMILES string of the molecule is C[N+](C)(C)c1c[nH]c2ccc(Cl)cc12. The van der Waals surface area contributed by atoms with Crippen LogP contribution in [0.25, 0.3) is 10.9 Å². The minimum atomic E-state index is 0.784. The Balaban J connectivity index is 2.73. The maximum Gasteiger partial charge on any atom is 0.157 e. The quantitative estimate of drug-likeness (QED) is 0.695. The highest BCUT2D eigenvalue weighted by atomic mass is 35.5. The summed E-state index contributed by atoms with van der Waals surface area (Å²) in [4.78, 5) is 3.25. The number of halogens is 1. The van der Waals surface area contributed by atoms with Crippen LogP contribution < -0.4 is 4.48 Å². The van der Waals surface area contributed by atoms with E-state index in [-0.39, 0.29) is 0 Å². The van der Waals surface area contributed by atoms with Gasteiger partial charge in [-0.15, -0.1) is 0 Å². The lowest BCUT2D eigenvalue weighted by Crippen LogP contribution is -2.34. The molecule has 1 aromatic heterocycles. The van der Waals surface area contributed by atoms with E-state index in [1.807, 2.05) is 24.4 Å². The van der Waals surface area contributed by atoms with Crippen molar-refractivity contribution in [1.82, 2.24) is 9.47 Å². The van der Waals surface area contributed by atoms with E-state index in [0.29, 0.717) is 0 Å². The minimum absolute atomic E-state index is 0.784. The molecule has 3 heteroatoms. The molecule has 0 aliphatic heterocycles. The van der Waals surface area contributed by atoms with Crippen molar-refractivity contribution in [3.8, 4) is 0 Å². The molecule has 0 atom stereocenters. The van der Waals surface area contributed by atoms with Crippen molar-refractivity contribution in [2.45, 2.75) is 0 Å². The molecule has 0 unspecified atom stereocenters. The van der Waals surface area contributed by atoms with Crippen LogP contribution in [0.1, 0.15) is 0 Å². The van der Waals surface area contributed by atoms with Gasteiger partial charge in [-0.25, -0.2) is 0 Å². The number of nitrogens with one attached hydrogen (secondary N) is 1. The highest BCUT2D eigenvalue weighted by Gasteiger charge is 2.17. The van der Waals surface area contributed by atoms with Gasteiger partial charge in [0.05, 0.1) is 38.2 Å². The van der Waals surface area contributed by atoms with Gasteiger partial charge in [-0.05, 0) is 18.2 Å². The van der Waals surface area contributed by atoms with E-state index in [9.17, 15) is 0 Å². The van der Waals surface area contributed by atoms with Gasteiger partial charge in [-0.1, -0.05) is 11.6 Å². The Labute approximate surface area is 88.7 Å². The van der Waals surface area contributed by atoms with Gasteiger partial charge in [0.2, 0.25) is 0 Å².